The minimum Gasteiger partial charge on any atom is -0.406 e. The van der Waals surface area contributed by atoms with E-state index in [2.05, 4.69) is 32.5 Å². The Balaban J connectivity index is 1.20. The first-order valence-corrected chi connectivity index (χ1v) is 14.3. The van der Waals surface area contributed by atoms with E-state index in [1.807, 2.05) is 19.1 Å². The molecule has 1 unspecified atom stereocenters. The summed E-state index contributed by atoms with van der Waals surface area (Å²) in [6, 6.07) is 12.1. The number of carbonyl (C=O) groups is 1. The molecule has 2 aromatic carbocycles. The Labute approximate surface area is 228 Å². The van der Waals surface area contributed by atoms with E-state index in [1.165, 1.54) is 43.9 Å². The quantitative estimate of drug-likeness (QED) is 0.482. The molecule has 1 aliphatic carbocycles. The molecule has 5 rings (SSSR count). The molecule has 0 bridgehead atoms. The second-order valence-corrected chi connectivity index (χ2v) is 11.6. The summed E-state index contributed by atoms with van der Waals surface area (Å²) in [7, 11) is -1.38. The van der Waals surface area contributed by atoms with Gasteiger partial charge in [-0.3, -0.25) is 9.79 Å². The van der Waals surface area contributed by atoms with Crippen LogP contribution in [-0.4, -0.2) is 51.3 Å². The minimum atomic E-state index is -4.81. The number of alkyl halides is 3. The lowest BCUT2D eigenvalue weighted by molar-refractivity contribution is -0.274. The number of hydrogen-bond donors (Lipinski definition) is 2. The van der Waals surface area contributed by atoms with Gasteiger partial charge in [-0.1, -0.05) is 31.0 Å². The highest BCUT2D eigenvalue weighted by molar-refractivity contribution is 7.85. The maximum Gasteiger partial charge on any atom is 0.573 e. The van der Waals surface area contributed by atoms with Gasteiger partial charge in [0.25, 0.3) is 5.91 Å². The van der Waals surface area contributed by atoms with Crippen molar-refractivity contribution in [2.75, 3.05) is 18.4 Å². The number of carbonyl (C=O) groups excluding carboxylic acids is 1. The number of hydrogen-bond acceptors (Lipinski definition) is 5. The smallest absolute Gasteiger partial charge is 0.406 e. The maximum absolute atomic E-state index is 13.0. The zero-order valence-electron chi connectivity index (χ0n) is 21.6. The lowest BCUT2D eigenvalue weighted by Gasteiger charge is -2.33. The molecule has 1 amide bonds. The monoisotopic (exact) mass is 560 g/mol. The van der Waals surface area contributed by atoms with E-state index in [1.54, 1.807) is 15.8 Å². The number of nitrogens with one attached hydrogen (secondary N) is 2. The summed E-state index contributed by atoms with van der Waals surface area (Å²) in [5.41, 5.74) is 2.50. The van der Waals surface area contributed by atoms with Crippen molar-refractivity contribution in [1.82, 2.24) is 9.62 Å². The molecule has 3 aliphatic rings. The summed E-state index contributed by atoms with van der Waals surface area (Å²) in [6.45, 7) is 2.81. The molecule has 2 N–H and O–H groups in total. The van der Waals surface area contributed by atoms with Crippen molar-refractivity contribution in [2.45, 2.75) is 63.4 Å². The number of anilines is 1. The Bertz CT molecular complexity index is 1310. The molecule has 39 heavy (non-hydrogen) atoms. The Kier molecular flexibility index (Phi) is 7.82. The Hall–Kier alpha value is -3.18. The fourth-order valence-electron chi connectivity index (χ4n) is 5.34. The van der Waals surface area contributed by atoms with Crippen LogP contribution in [0.3, 0.4) is 0 Å². The van der Waals surface area contributed by atoms with Crippen molar-refractivity contribution in [3.05, 3.63) is 64.6 Å². The number of aryl methyl sites for hydroxylation is 1. The van der Waals surface area contributed by atoms with Gasteiger partial charge in [0.2, 0.25) is 0 Å². The average molecular weight is 561 g/mol. The van der Waals surface area contributed by atoms with Crippen LogP contribution in [0.2, 0.25) is 0 Å². The standard InChI is InChI=1S/C28H31F3N4O3S/c1-19-17-23(32-22-6-2-3-7-22)10-9-20(19)11-16-39(37)35-14-12-27(13-15-35)26(36)33-25(34-27)21-5-4-8-24(18-21)38-28(29,30)31/h4-5,8-11,16-18,22,32H,2-3,6-7,12-15H2,1H3,(H,33,34,36)/b16-11+. The molecular formula is C28H31F3N4O3S. The van der Waals surface area contributed by atoms with Crippen LogP contribution in [0, 0.1) is 6.92 Å². The largest absolute Gasteiger partial charge is 0.573 e. The first-order chi connectivity index (χ1) is 18.6. The molecule has 2 aliphatic heterocycles. The first-order valence-electron chi connectivity index (χ1n) is 13.1. The van der Waals surface area contributed by atoms with Gasteiger partial charge in [0.05, 0.1) is 0 Å². The molecule has 2 fully saturated rings. The predicted molar refractivity (Wildman–Crippen MR) is 146 cm³/mol. The van der Waals surface area contributed by atoms with E-state index in [0.29, 0.717) is 37.5 Å². The van der Waals surface area contributed by atoms with E-state index in [4.69, 9.17) is 0 Å². The molecule has 1 saturated carbocycles. The molecule has 2 aromatic rings. The van der Waals surface area contributed by atoms with Crippen molar-refractivity contribution in [3.63, 3.8) is 0 Å². The van der Waals surface area contributed by atoms with E-state index < -0.39 is 22.9 Å². The van der Waals surface area contributed by atoms with Gasteiger partial charge in [0.15, 0.2) is 0 Å². The van der Waals surface area contributed by atoms with E-state index in [9.17, 15) is 22.2 Å². The number of halogens is 3. The van der Waals surface area contributed by atoms with Crippen LogP contribution in [0.4, 0.5) is 18.9 Å². The normalized spacial score (nSPS) is 20.8. The number of nitrogens with zero attached hydrogens (tertiary/aromatic N) is 2. The van der Waals surface area contributed by atoms with E-state index >= 15 is 0 Å². The molecule has 1 atom stereocenters. The van der Waals surface area contributed by atoms with E-state index in [0.717, 1.165) is 16.8 Å². The fraction of sp³-hybridized carbons (Fsp3) is 0.429. The molecule has 11 heteroatoms. The van der Waals surface area contributed by atoms with Crippen LogP contribution in [0.1, 0.15) is 55.2 Å². The zero-order chi connectivity index (χ0) is 27.6. The minimum absolute atomic E-state index is 0.212. The second-order valence-electron chi connectivity index (χ2n) is 10.2. The lowest BCUT2D eigenvalue weighted by atomic mass is 9.89. The number of amides is 1. The summed E-state index contributed by atoms with van der Waals surface area (Å²) < 4.78 is 56.6. The number of amidine groups is 1. The van der Waals surface area contributed by atoms with Gasteiger partial charge >= 0.3 is 6.36 Å². The van der Waals surface area contributed by atoms with Crippen molar-refractivity contribution >= 4 is 34.5 Å². The van der Waals surface area contributed by atoms with E-state index in [-0.39, 0.29) is 17.5 Å². The second kappa shape index (κ2) is 11.1. The van der Waals surface area contributed by atoms with Gasteiger partial charge in [-0.15, -0.1) is 13.2 Å². The third kappa shape index (κ3) is 6.52. The lowest BCUT2D eigenvalue weighted by Crippen LogP contribution is -2.49. The van der Waals surface area contributed by atoms with Gasteiger partial charge < -0.3 is 15.4 Å². The van der Waals surface area contributed by atoms with Crippen molar-refractivity contribution in [1.29, 1.82) is 0 Å². The summed E-state index contributed by atoms with van der Waals surface area (Å²) >= 11 is 0. The summed E-state index contributed by atoms with van der Waals surface area (Å²) in [5.74, 6) is -0.476. The van der Waals surface area contributed by atoms with Crippen molar-refractivity contribution < 1.29 is 26.9 Å². The molecule has 208 valence electrons. The highest BCUT2D eigenvalue weighted by Crippen LogP contribution is 2.33. The summed E-state index contributed by atoms with van der Waals surface area (Å²) in [5, 5.41) is 7.96. The van der Waals surface area contributed by atoms with Crippen LogP contribution >= 0.6 is 0 Å². The fourth-order valence-corrected chi connectivity index (χ4v) is 6.32. The number of benzene rings is 2. The summed E-state index contributed by atoms with van der Waals surface area (Å²) in [6.07, 6.45) is 2.70. The SMILES string of the molecule is Cc1cc(NC2CCCC2)ccc1/C=C/S(=O)N1CCC2(CC1)N=C(c1cccc(OC(F)(F)F)c1)NC2=O. The summed E-state index contributed by atoms with van der Waals surface area (Å²) in [4.78, 5) is 17.4. The Morgan fingerprint density at radius 3 is 2.59 bits per heavy atom. The predicted octanol–water partition coefficient (Wildman–Crippen LogP) is 5.29. The zero-order valence-corrected chi connectivity index (χ0v) is 22.4. The molecular weight excluding hydrogens is 529 g/mol. The molecule has 1 saturated heterocycles. The van der Waals surface area contributed by atoms with Crippen LogP contribution in [0.5, 0.6) is 5.75 Å². The number of rotatable bonds is 7. The topological polar surface area (TPSA) is 83.0 Å². The van der Waals surface area contributed by atoms with Gasteiger partial charge in [-0.25, -0.2) is 8.51 Å². The van der Waals surface area contributed by atoms with Gasteiger partial charge in [0.1, 0.15) is 28.1 Å². The van der Waals surface area contributed by atoms with Gasteiger partial charge in [-0.05, 0) is 74.1 Å². The molecule has 1 spiro atoms. The van der Waals surface area contributed by atoms with Gasteiger partial charge in [0, 0.05) is 35.8 Å². The average Bonchev–Trinajstić information content (AvgIpc) is 3.51. The van der Waals surface area contributed by atoms with Crippen molar-refractivity contribution in [2.24, 2.45) is 4.99 Å². The Morgan fingerprint density at radius 1 is 1.15 bits per heavy atom. The maximum atomic E-state index is 13.0. The van der Waals surface area contributed by atoms with Crippen LogP contribution in [0.15, 0.2) is 52.9 Å². The first kappa shape index (κ1) is 27.4. The van der Waals surface area contributed by atoms with Crippen LogP contribution in [-0.2, 0) is 15.8 Å². The highest BCUT2D eigenvalue weighted by Gasteiger charge is 2.46. The third-order valence-corrected chi connectivity index (χ3v) is 8.73. The molecule has 7 nitrogen and oxygen atoms in total. The number of piperidine rings is 1. The Morgan fingerprint density at radius 2 is 1.90 bits per heavy atom. The van der Waals surface area contributed by atoms with Gasteiger partial charge in [-0.2, -0.15) is 0 Å². The number of aliphatic imine (C=N–C) groups is 1. The van der Waals surface area contributed by atoms with Crippen LogP contribution in [0.25, 0.3) is 6.08 Å². The van der Waals surface area contributed by atoms with Crippen molar-refractivity contribution in [3.8, 4) is 5.75 Å². The highest BCUT2D eigenvalue weighted by atomic mass is 32.2. The number of ether oxygens (including phenoxy) is 1. The van der Waals surface area contributed by atoms with Crippen LogP contribution < -0.4 is 15.4 Å². The molecule has 0 radical (unpaired) electrons. The molecule has 2 heterocycles. The molecule has 0 aromatic heterocycles. The third-order valence-electron chi connectivity index (χ3n) is 7.49.